The summed E-state index contributed by atoms with van der Waals surface area (Å²) in [5, 5.41) is 2.24. The number of ether oxygens (including phenoxy) is 1. The van der Waals surface area contributed by atoms with Crippen LogP contribution < -0.4 is 5.32 Å². The Morgan fingerprint density at radius 1 is 1.20 bits per heavy atom. The standard InChI is InChI=1S/C9H7ClF3NO.C4H10O/c10-7-3-1-6(2-4-7)5-14-8(15)9(11,12)13;1-3-5-4-2/h1-4H,5H2,(H,14,15);3-4H2,1-2H3. The van der Waals surface area contributed by atoms with Crippen LogP contribution in [0.2, 0.25) is 5.02 Å². The Balaban J connectivity index is 0.000000621. The third kappa shape index (κ3) is 8.77. The van der Waals surface area contributed by atoms with Crippen LogP contribution in [0.3, 0.4) is 0 Å². The molecule has 0 saturated carbocycles. The number of nitrogens with one attached hydrogen (secondary N) is 1. The van der Waals surface area contributed by atoms with Crippen LogP contribution in [0.5, 0.6) is 0 Å². The molecule has 0 spiro atoms. The first kappa shape index (κ1) is 18.7. The number of halogens is 4. The topological polar surface area (TPSA) is 38.3 Å². The van der Waals surface area contributed by atoms with Crippen molar-refractivity contribution in [1.82, 2.24) is 5.32 Å². The molecule has 114 valence electrons. The van der Waals surface area contributed by atoms with E-state index in [9.17, 15) is 18.0 Å². The monoisotopic (exact) mass is 311 g/mol. The smallest absolute Gasteiger partial charge is 0.382 e. The predicted octanol–water partition coefficient (Wildman–Crippen LogP) is 3.56. The third-order valence-corrected chi connectivity index (χ3v) is 2.28. The molecule has 0 aliphatic heterocycles. The lowest BCUT2D eigenvalue weighted by Gasteiger charge is -2.07. The number of carbonyl (C=O) groups excluding carboxylic acids is 1. The zero-order chi connectivity index (χ0) is 15.6. The fourth-order valence-corrected chi connectivity index (χ4v) is 1.21. The van der Waals surface area contributed by atoms with E-state index in [1.54, 1.807) is 17.4 Å². The minimum atomic E-state index is -4.84. The SMILES string of the molecule is CCOCC.O=C(NCc1ccc(Cl)cc1)C(F)(F)F. The van der Waals surface area contributed by atoms with Crippen molar-refractivity contribution >= 4 is 17.5 Å². The molecule has 0 atom stereocenters. The van der Waals surface area contributed by atoms with E-state index in [0.717, 1.165) is 13.2 Å². The van der Waals surface area contributed by atoms with Crippen molar-refractivity contribution in [3.63, 3.8) is 0 Å². The fourth-order valence-electron chi connectivity index (χ4n) is 1.09. The molecule has 1 rings (SSSR count). The van der Waals surface area contributed by atoms with Gasteiger partial charge in [-0.2, -0.15) is 13.2 Å². The highest BCUT2D eigenvalue weighted by molar-refractivity contribution is 6.30. The first-order valence-electron chi connectivity index (χ1n) is 5.98. The summed E-state index contributed by atoms with van der Waals surface area (Å²) in [6.45, 7) is 5.50. The summed E-state index contributed by atoms with van der Waals surface area (Å²) in [5.74, 6) is -1.95. The lowest BCUT2D eigenvalue weighted by Crippen LogP contribution is -2.36. The minimum absolute atomic E-state index is 0.171. The normalized spacial score (nSPS) is 10.5. The Kier molecular flexibility index (Phi) is 9.00. The second-order valence-electron chi connectivity index (χ2n) is 3.59. The van der Waals surface area contributed by atoms with Crippen LogP contribution in [0.4, 0.5) is 13.2 Å². The molecular formula is C13H17ClF3NO2. The molecule has 20 heavy (non-hydrogen) atoms. The molecule has 0 fully saturated rings. The maximum atomic E-state index is 11.8. The van der Waals surface area contributed by atoms with Gasteiger partial charge in [-0.1, -0.05) is 23.7 Å². The molecule has 0 saturated heterocycles. The van der Waals surface area contributed by atoms with Crippen molar-refractivity contribution in [2.75, 3.05) is 13.2 Å². The molecule has 0 aliphatic rings. The fraction of sp³-hybridized carbons (Fsp3) is 0.462. The van der Waals surface area contributed by atoms with Crippen molar-refractivity contribution in [3.05, 3.63) is 34.9 Å². The first-order valence-corrected chi connectivity index (χ1v) is 6.36. The van der Waals surface area contributed by atoms with Gasteiger partial charge < -0.3 is 10.1 Å². The highest BCUT2D eigenvalue weighted by Gasteiger charge is 2.38. The molecule has 1 N–H and O–H groups in total. The van der Waals surface area contributed by atoms with Gasteiger partial charge in [-0.05, 0) is 31.5 Å². The van der Waals surface area contributed by atoms with Crippen LogP contribution in [0.15, 0.2) is 24.3 Å². The summed E-state index contributed by atoms with van der Waals surface area (Å²) in [7, 11) is 0. The average molecular weight is 312 g/mol. The van der Waals surface area contributed by atoms with Crippen LogP contribution in [-0.4, -0.2) is 25.3 Å². The lowest BCUT2D eigenvalue weighted by atomic mass is 10.2. The quantitative estimate of drug-likeness (QED) is 0.923. The Morgan fingerprint density at radius 3 is 2.05 bits per heavy atom. The molecule has 0 radical (unpaired) electrons. The van der Waals surface area contributed by atoms with Gasteiger partial charge in [0.05, 0.1) is 0 Å². The van der Waals surface area contributed by atoms with Gasteiger partial charge >= 0.3 is 12.1 Å². The molecule has 1 aromatic rings. The molecule has 1 aromatic carbocycles. The van der Waals surface area contributed by atoms with Gasteiger partial charge in [0.2, 0.25) is 0 Å². The van der Waals surface area contributed by atoms with Gasteiger partial charge in [0.25, 0.3) is 0 Å². The van der Waals surface area contributed by atoms with Gasteiger partial charge in [0, 0.05) is 24.8 Å². The number of carbonyl (C=O) groups is 1. The maximum absolute atomic E-state index is 11.8. The Morgan fingerprint density at radius 2 is 1.70 bits per heavy atom. The van der Waals surface area contributed by atoms with E-state index in [1.807, 2.05) is 13.8 Å². The van der Waals surface area contributed by atoms with Crippen molar-refractivity contribution in [1.29, 1.82) is 0 Å². The Bertz CT molecular complexity index is 392. The summed E-state index contributed by atoms with van der Waals surface area (Å²) in [6, 6.07) is 6.16. The summed E-state index contributed by atoms with van der Waals surface area (Å²) in [5.41, 5.74) is 0.553. The molecule has 0 bridgehead atoms. The number of benzene rings is 1. The number of hydrogen-bond acceptors (Lipinski definition) is 2. The van der Waals surface area contributed by atoms with Crippen molar-refractivity contribution in [2.45, 2.75) is 26.6 Å². The van der Waals surface area contributed by atoms with Crippen LogP contribution in [0.1, 0.15) is 19.4 Å². The number of hydrogen-bond donors (Lipinski definition) is 1. The largest absolute Gasteiger partial charge is 0.471 e. The number of alkyl halides is 3. The highest BCUT2D eigenvalue weighted by atomic mass is 35.5. The first-order chi connectivity index (χ1) is 9.31. The molecule has 1 amide bonds. The summed E-state index contributed by atoms with van der Waals surface area (Å²) in [6.07, 6.45) is -4.84. The van der Waals surface area contributed by atoms with E-state index < -0.39 is 12.1 Å². The zero-order valence-electron chi connectivity index (χ0n) is 11.3. The van der Waals surface area contributed by atoms with Crippen molar-refractivity contribution in [2.24, 2.45) is 0 Å². The van der Waals surface area contributed by atoms with Crippen molar-refractivity contribution < 1.29 is 22.7 Å². The molecule has 7 heteroatoms. The van der Waals surface area contributed by atoms with Gasteiger partial charge in [-0.3, -0.25) is 4.79 Å². The lowest BCUT2D eigenvalue weighted by molar-refractivity contribution is -0.173. The highest BCUT2D eigenvalue weighted by Crippen LogP contribution is 2.15. The minimum Gasteiger partial charge on any atom is -0.382 e. The maximum Gasteiger partial charge on any atom is 0.471 e. The van der Waals surface area contributed by atoms with Crippen LogP contribution in [0, 0.1) is 0 Å². The zero-order valence-corrected chi connectivity index (χ0v) is 12.0. The molecule has 0 unspecified atom stereocenters. The van der Waals surface area contributed by atoms with Gasteiger partial charge in [-0.15, -0.1) is 0 Å². The second kappa shape index (κ2) is 9.61. The van der Waals surface area contributed by atoms with Gasteiger partial charge in [-0.25, -0.2) is 0 Å². The van der Waals surface area contributed by atoms with E-state index in [2.05, 4.69) is 0 Å². The van der Waals surface area contributed by atoms with Crippen LogP contribution >= 0.6 is 11.6 Å². The third-order valence-electron chi connectivity index (χ3n) is 2.03. The molecule has 0 aliphatic carbocycles. The van der Waals surface area contributed by atoms with Gasteiger partial charge in [0.1, 0.15) is 0 Å². The van der Waals surface area contributed by atoms with E-state index in [1.165, 1.54) is 12.1 Å². The predicted molar refractivity (Wildman–Crippen MR) is 71.5 cm³/mol. The van der Waals surface area contributed by atoms with E-state index >= 15 is 0 Å². The van der Waals surface area contributed by atoms with E-state index in [-0.39, 0.29) is 6.54 Å². The second-order valence-corrected chi connectivity index (χ2v) is 4.02. The number of rotatable bonds is 4. The average Bonchev–Trinajstić information content (AvgIpc) is 2.38. The van der Waals surface area contributed by atoms with E-state index in [0.29, 0.717) is 10.6 Å². The molecular weight excluding hydrogens is 295 g/mol. The summed E-state index contributed by atoms with van der Waals surface area (Å²) < 4.78 is 40.2. The van der Waals surface area contributed by atoms with Crippen LogP contribution in [-0.2, 0) is 16.1 Å². The summed E-state index contributed by atoms with van der Waals surface area (Å²) in [4.78, 5) is 10.4. The summed E-state index contributed by atoms with van der Waals surface area (Å²) >= 11 is 5.58. The molecule has 0 aromatic heterocycles. The van der Waals surface area contributed by atoms with Crippen molar-refractivity contribution in [3.8, 4) is 0 Å². The Hall–Kier alpha value is -1.27. The van der Waals surface area contributed by atoms with Gasteiger partial charge in [0.15, 0.2) is 0 Å². The van der Waals surface area contributed by atoms with Crippen LogP contribution in [0.25, 0.3) is 0 Å². The molecule has 0 heterocycles. The van der Waals surface area contributed by atoms with E-state index in [4.69, 9.17) is 16.3 Å². The Labute approximate surface area is 121 Å². The number of amides is 1. The molecule has 3 nitrogen and oxygen atoms in total.